The summed E-state index contributed by atoms with van der Waals surface area (Å²) in [7, 11) is 0. The van der Waals surface area contributed by atoms with E-state index in [0.717, 1.165) is 5.56 Å². The summed E-state index contributed by atoms with van der Waals surface area (Å²) in [6.45, 7) is 3.68. The van der Waals surface area contributed by atoms with Gasteiger partial charge < -0.3 is 9.47 Å². The fraction of sp³-hybridized carbons (Fsp3) is 0.200. The van der Waals surface area contributed by atoms with E-state index in [2.05, 4.69) is 0 Å². The number of carbonyl (C=O) groups excluding carboxylic acids is 2. The molecule has 0 fully saturated rings. The number of carbonyl (C=O) groups is 2. The normalized spacial score (nSPS) is 11.9. The molecule has 1 atom stereocenters. The van der Waals surface area contributed by atoms with Gasteiger partial charge in [0, 0.05) is 5.56 Å². The van der Waals surface area contributed by atoms with Crippen molar-refractivity contribution in [1.29, 1.82) is 0 Å². The number of ketones is 1. The molecular formula is C20H20O4. The molecule has 24 heavy (non-hydrogen) atoms. The summed E-state index contributed by atoms with van der Waals surface area (Å²) in [4.78, 5) is 23.7. The predicted molar refractivity (Wildman–Crippen MR) is 93.0 cm³/mol. The van der Waals surface area contributed by atoms with Crippen LogP contribution in [0.5, 0.6) is 5.75 Å². The minimum absolute atomic E-state index is 0.0937. The summed E-state index contributed by atoms with van der Waals surface area (Å²) < 4.78 is 10.4. The third-order valence-electron chi connectivity index (χ3n) is 3.30. The molecule has 0 amide bonds. The number of hydrogen-bond donors (Lipinski definition) is 0. The summed E-state index contributed by atoms with van der Waals surface area (Å²) in [5, 5.41) is 0. The van der Waals surface area contributed by atoms with Crippen molar-refractivity contribution in [2.24, 2.45) is 0 Å². The van der Waals surface area contributed by atoms with Gasteiger partial charge in [-0.05, 0) is 49.8 Å². The fourth-order valence-corrected chi connectivity index (χ4v) is 2.04. The zero-order chi connectivity index (χ0) is 17.4. The van der Waals surface area contributed by atoms with Crippen molar-refractivity contribution in [1.82, 2.24) is 0 Å². The highest BCUT2D eigenvalue weighted by atomic mass is 16.6. The number of rotatable bonds is 7. The minimum Gasteiger partial charge on any atom is -0.479 e. The van der Waals surface area contributed by atoms with Crippen molar-refractivity contribution in [3.05, 3.63) is 71.8 Å². The molecule has 0 radical (unpaired) electrons. The third-order valence-corrected chi connectivity index (χ3v) is 3.30. The molecule has 0 spiro atoms. The van der Waals surface area contributed by atoms with Gasteiger partial charge in [-0.2, -0.15) is 0 Å². The predicted octanol–water partition coefficient (Wildman–Crippen LogP) is 3.91. The molecule has 4 heteroatoms. The van der Waals surface area contributed by atoms with E-state index >= 15 is 0 Å². The maximum Gasteiger partial charge on any atom is 0.347 e. The molecule has 4 nitrogen and oxygen atoms in total. The SMILES string of the molecule is CCOC(=O)C(C)Oc1ccc(C(=O)/C=C/c2ccccc2)cc1. The van der Waals surface area contributed by atoms with Crippen molar-refractivity contribution in [3.8, 4) is 5.75 Å². The van der Waals surface area contributed by atoms with E-state index in [4.69, 9.17) is 9.47 Å². The summed E-state index contributed by atoms with van der Waals surface area (Å²) in [5.74, 6) is 0.00596. The molecule has 0 saturated heterocycles. The van der Waals surface area contributed by atoms with Crippen LogP contribution in [-0.2, 0) is 9.53 Å². The summed E-state index contributed by atoms with van der Waals surface area (Å²) in [6, 6.07) is 16.3. The molecule has 124 valence electrons. The van der Waals surface area contributed by atoms with Crippen LogP contribution < -0.4 is 4.74 Å². The molecule has 0 aromatic heterocycles. The van der Waals surface area contributed by atoms with Crippen molar-refractivity contribution in [2.45, 2.75) is 20.0 Å². The lowest BCUT2D eigenvalue weighted by atomic mass is 10.1. The molecule has 0 bridgehead atoms. The van der Waals surface area contributed by atoms with Gasteiger partial charge in [0.25, 0.3) is 0 Å². The molecule has 0 heterocycles. The molecule has 0 N–H and O–H groups in total. The van der Waals surface area contributed by atoms with E-state index in [0.29, 0.717) is 17.9 Å². The van der Waals surface area contributed by atoms with Gasteiger partial charge >= 0.3 is 5.97 Å². The Morgan fingerprint density at radius 1 is 1.04 bits per heavy atom. The van der Waals surface area contributed by atoms with Gasteiger partial charge in [0.05, 0.1) is 6.61 Å². The van der Waals surface area contributed by atoms with E-state index in [1.165, 1.54) is 6.08 Å². The summed E-state index contributed by atoms with van der Waals surface area (Å²) in [5.41, 5.74) is 1.52. The Morgan fingerprint density at radius 3 is 2.33 bits per heavy atom. The second-order valence-electron chi connectivity index (χ2n) is 5.14. The molecule has 2 rings (SSSR count). The zero-order valence-corrected chi connectivity index (χ0v) is 13.8. The van der Waals surface area contributed by atoms with Gasteiger partial charge in [0.15, 0.2) is 11.9 Å². The highest BCUT2D eigenvalue weighted by Crippen LogP contribution is 2.15. The number of ether oxygens (including phenoxy) is 2. The quantitative estimate of drug-likeness (QED) is 0.440. The van der Waals surface area contributed by atoms with Gasteiger partial charge in [0.1, 0.15) is 5.75 Å². The maximum absolute atomic E-state index is 12.1. The van der Waals surface area contributed by atoms with Gasteiger partial charge in [0.2, 0.25) is 0 Å². The average molecular weight is 324 g/mol. The molecular weight excluding hydrogens is 304 g/mol. The molecule has 0 saturated carbocycles. The van der Waals surface area contributed by atoms with Gasteiger partial charge in [-0.3, -0.25) is 4.79 Å². The van der Waals surface area contributed by atoms with E-state index in [9.17, 15) is 9.59 Å². The van der Waals surface area contributed by atoms with Crippen molar-refractivity contribution in [3.63, 3.8) is 0 Å². The second kappa shape index (κ2) is 8.67. The Hall–Kier alpha value is -2.88. The van der Waals surface area contributed by atoms with Crippen molar-refractivity contribution < 1.29 is 19.1 Å². The molecule has 0 aliphatic carbocycles. The van der Waals surface area contributed by atoms with Gasteiger partial charge in [-0.15, -0.1) is 0 Å². The van der Waals surface area contributed by atoms with Gasteiger partial charge in [-0.1, -0.05) is 36.4 Å². The molecule has 0 aliphatic rings. The summed E-state index contributed by atoms with van der Waals surface area (Å²) in [6.07, 6.45) is 2.62. The van der Waals surface area contributed by atoms with Crippen LogP contribution >= 0.6 is 0 Å². The number of allylic oxidation sites excluding steroid dienone is 1. The Morgan fingerprint density at radius 2 is 1.71 bits per heavy atom. The lowest BCUT2D eigenvalue weighted by molar-refractivity contribution is -0.150. The van der Waals surface area contributed by atoms with Crippen LogP contribution in [-0.4, -0.2) is 24.5 Å². The molecule has 2 aromatic carbocycles. The third kappa shape index (κ3) is 5.09. The maximum atomic E-state index is 12.1. The first-order valence-corrected chi connectivity index (χ1v) is 7.81. The van der Waals surface area contributed by atoms with E-state index in [1.807, 2.05) is 30.3 Å². The van der Waals surface area contributed by atoms with E-state index in [-0.39, 0.29) is 5.78 Å². The molecule has 1 unspecified atom stereocenters. The summed E-state index contributed by atoms with van der Waals surface area (Å²) >= 11 is 0. The minimum atomic E-state index is -0.690. The number of benzene rings is 2. The van der Waals surface area contributed by atoms with Crippen LogP contribution in [0.1, 0.15) is 29.8 Å². The van der Waals surface area contributed by atoms with Crippen LogP contribution in [0.2, 0.25) is 0 Å². The lowest BCUT2D eigenvalue weighted by Gasteiger charge is -2.13. The van der Waals surface area contributed by atoms with Crippen LogP contribution in [0.25, 0.3) is 6.08 Å². The van der Waals surface area contributed by atoms with Crippen molar-refractivity contribution >= 4 is 17.8 Å². The van der Waals surface area contributed by atoms with E-state index < -0.39 is 12.1 Å². The Balaban J connectivity index is 1.97. The van der Waals surface area contributed by atoms with E-state index in [1.54, 1.807) is 44.2 Å². The Bertz CT molecular complexity index is 702. The lowest BCUT2D eigenvalue weighted by Crippen LogP contribution is -2.26. The monoisotopic (exact) mass is 324 g/mol. The van der Waals surface area contributed by atoms with Crippen LogP contribution in [0.3, 0.4) is 0 Å². The fourth-order valence-electron chi connectivity index (χ4n) is 2.04. The first kappa shape index (κ1) is 17.5. The highest BCUT2D eigenvalue weighted by Gasteiger charge is 2.15. The van der Waals surface area contributed by atoms with Crippen LogP contribution in [0.4, 0.5) is 0 Å². The number of hydrogen-bond acceptors (Lipinski definition) is 4. The topological polar surface area (TPSA) is 52.6 Å². The first-order chi connectivity index (χ1) is 11.6. The molecule has 0 aliphatic heterocycles. The standard InChI is InChI=1S/C20H20O4/c1-3-23-20(22)15(2)24-18-12-10-17(11-13-18)19(21)14-9-16-7-5-4-6-8-16/h4-15H,3H2,1-2H3/b14-9+. The largest absolute Gasteiger partial charge is 0.479 e. The smallest absolute Gasteiger partial charge is 0.347 e. The number of esters is 1. The average Bonchev–Trinajstić information content (AvgIpc) is 2.61. The molecule has 2 aromatic rings. The highest BCUT2D eigenvalue weighted by molar-refractivity contribution is 6.06. The Kier molecular flexibility index (Phi) is 6.32. The van der Waals surface area contributed by atoms with Crippen LogP contribution in [0, 0.1) is 0 Å². The zero-order valence-electron chi connectivity index (χ0n) is 13.8. The van der Waals surface area contributed by atoms with Crippen LogP contribution in [0.15, 0.2) is 60.7 Å². The van der Waals surface area contributed by atoms with Gasteiger partial charge in [-0.25, -0.2) is 4.79 Å². The Labute approximate surface area is 141 Å². The second-order valence-corrected chi connectivity index (χ2v) is 5.14. The first-order valence-electron chi connectivity index (χ1n) is 7.81. The van der Waals surface area contributed by atoms with Crippen molar-refractivity contribution in [2.75, 3.05) is 6.61 Å².